The first-order valence-corrected chi connectivity index (χ1v) is 5.12. The molecule has 0 aliphatic heterocycles. The molecule has 16 heavy (non-hydrogen) atoms. The molecule has 0 atom stereocenters. The predicted molar refractivity (Wildman–Crippen MR) is 60.9 cm³/mol. The molecular formula is C11H16N4O. The zero-order valence-corrected chi connectivity index (χ0v) is 9.78. The lowest BCUT2D eigenvalue weighted by Gasteiger charge is -2.25. The topological polar surface area (TPSA) is 81.8 Å². The number of hydrogen-bond acceptors (Lipinski definition) is 5. The van der Waals surface area contributed by atoms with Gasteiger partial charge in [-0.15, -0.1) is 0 Å². The maximum Gasteiger partial charge on any atom is 0.224 e. The lowest BCUT2D eigenvalue weighted by molar-refractivity contribution is 0.260. The summed E-state index contributed by atoms with van der Waals surface area (Å²) >= 11 is 0. The molecule has 1 heterocycles. The van der Waals surface area contributed by atoms with E-state index in [2.05, 4.69) is 15.3 Å². The lowest BCUT2D eigenvalue weighted by atomic mass is 10.0. The van der Waals surface area contributed by atoms with Crippen molar-refractivity contribution >= 4 is 5.95 Å². The molecule has 5 nitrogen and oxygen atoms in total. The molecule has 0 spiro atoms. The summed E-state index contributed by atoms with van der Waals surface area (Å²) in [6.07, 6.45) is 0.589. The van der Waals surface area contributed by atoms with Crippen LogP contribution in [0.25, 0.3) is 0 Å². The van der Waals surface area contributed by atoms with Gasteiger partial charge in [-0.05, 0) is 33.3 Å². The number of nitriles is 1. The van der Waals surface area contributed by atoms with E-state index in [0.717, 1.165) is 5.69 Å². The molecule has 0 aliphatic carbocycles. The summed E-state index contributed by atoms with van der Waals surface area (Å²) in [7, 11) is 0. The summed E-state index contributed by atoms with van der Waals surface area (Å²) in [5, 5.41) is 20.8. The van der Waals surface area contributed by atoms with Gasteiger partial charge in [-0.3, -0.25) is 0 Å². The maximum atomic E-state index is 8.90. The second kappa shape index (κ2) is 4.90. The van der Waals surface area contributed by atoms with Gasteiger partial charge in [0.15, 0.2) is 0 Å². The van der Waals surface area contributed by atoms with Crippen LogP contribution in [-0.2, 0) is 0 Å². The zero-order valence-electron chi connectivity index (χ0n) is 9.78. The van der Waals surface area contributed by atoms with Gasteiger partial charge >= 0.3 is 0 Å². The van der Waals surface area contributed by atoms with Crippen LogP contribution in [0.1, 0.15) is 31.7 Å². The molecule has 0 saturated heterocycles. The molecule has 1 aromatic rings. The van der Waals surface area contributed by atoms with E-state index < -0.39 is 0 Å². The molecule has 0 bridgehead atoms. The van der Waals surface area contributed by atoms with Crippen LogP contribution in [0.3, 0.4) is 0 Å². The quantitative estimate of drug-likeness (QED) is 0.797. The highest BCUT2D eigenvalue weighted by molar-refractivity contribution is 5.35. The third-order valence-electron chi connectivity index (χ3n) is 2.16. The molecule has 0 saturated carbocycles. The Labute approximate surface area is 95.2 Å². The van der Waals surface area contributed by atoms with Gasteiger partial charge in [-0.2, -0.15) is 5.26 Å². The number of nitrogens with zero attached hydrogens (tertiary/aromatic N) is 3. The first-order chi connectivity index (χ1) is 7.46. The van der Waals surface area contributed by atoms with Crippen molar-refractivity contribution in [2.24, 2.45) is 0 Å². The lowest BCUT2D eigenvalue weighted by Crippen LogP contribution is -2.33. The summed E-state index contributed by atoms with van der Waals surface area (Å²) in [6, 6.07) is 3.61. The van der Waals surface area contributed by atoms with Crippen molar-refractivity contribution in [2.45, 2.75) is 32.7 Å². The monoisotopic (exact) mass is 220 g/mol. The number of anilines is 1. The van der Waals surface area contributed by atoms with Gasteiger partial charge in [0.05, 0.1) is 0 Å². The minimum atomic E-state index is -0.296. The largest absolute Gasteiger partial charge is 0.396 e. The Hall–Kier alpha value is -1.67. The standard InChI is InChI=1S/C11H16N4O/c1-8-6-9(7-12)14-10(13-8)15-11(2,3)4-5-16/h6,16H,4-5H2,1-3H3,(H,13,14,15). The highest BCUT2D eigenvalue weighted by Crippen LogP contribution is 2.15. The van der Waals surface area contributed by atoms with Crippen LogP contribution in [0.2, 0.25) is 0 Å². The van der Waals surface area contributed by atoms with Crippen molar-refractivity contribution in [3.63, 3.8) is 0 Å². The Morgan fingerprint density at radius 2 is 2.19 bits per heavy atom. The molecule has 0 fully saturated rings. The van der Waals surface area contributed by atoms with Crippen molar-refractivity contribution in [3.8, 4) is 6.07 Å². The SMILES string of the molecule is Cc1cc(C#N)nc(NC(C)(C)CCO)n1. The van der Waals surface area contributed by atoms with Crippen molar-refractivity contribution in [1.82, 2.24) is 9.97 Å². The van der Waals surface area contributed by atoms with E-state index in [9.17, 15) is 0 Å². The van der Waals surface area contributed by atoms with Crippen LogP contribution in [0.4, 0.5) is 5.95 Å². The van der Waals surface area contributed by atoms with Crippen LogP contribution in [0.15, 0.2) is 6.07 Å². The molecule has 1 aromatic heterocycles. The van der Waals surface area contributed by atoms with Crippen LogP contribution in [-0.4, -0.2) is 27.2 Å². The van der Waals surface area contributed by atoms with E-state index >= 15 is 0 Å². The summed E-state index contributed by atoms with van der Waals surface area (Å²) < 4.78 is 0. The molecule has 1 rings (SSSR count). The van der Waals surface area contributed by atoms with E-state index in [1.165, 1.54) is 0 Å². The molecule has 0 amide bonds. The molecule has 0 unspecified atom stereocenters. The van der Waals surface area contributed by atoms with Crippen LogP contribution >= 0.6 is 0 Å². The summed E-state index contributed by atoms with van der Waals surface area (Å²) in [6.45, 7) is 5.80. The van der Waals surface area contributed by atoms with Gasteiger partial charge in [0.25, 0.3) is 0 Å². The first-order valence-electron chi connectivity index (χ1n) is 5.12. The van der Waals surface area contributed by atoms with E-state index in [4.69, 9.17) is 10.4 Å². The second-order valence-corrected chi connectivity index (χ2v) is 4.31. The normalized spacial score (nSPS) is 10.9. The fourth-order valence-electron chi connectivity index (χ4n) is 1.33. The molecule has 2 N–H and O–H groups in total. The second-order valence-electron chi connectivity index (χ2n) is 4.31. The molecule has 5 heteroatoms. The fourth-order valence-corrected chi connectivity index (χ4v) is 1.33. The Bertz CT molecular complexity index is 409. The number of aromatic nitrogens is 2. The maximum absolute atomic E-state index is 8.90. The van der Waals surface area contributed by atoms with Gasteiger partial charge < -0.3 is 10.4 Å². The third kappa shape index (κ3) is 3.48. The molecule has 0 radical (unpaired) electrons. The van der Waals surface area contributed by atoms with Crippen LogP contribution in [0.5, 0.6) is 0 Å². The number of aliphatic hydroxyl groups is 1. The van der Waals surface area contributed by atoms with Crippen molar-refractivity contribution in [3.05, 3.63) is 17.5 Å². The van der Waals surface area contributed by atoms with Crippen molar-refractivity contribution in [1.29, 1.82) is 5.26 Å². The number of rotatable bonds is 4. The van der Waals surface area contributed by atoms with E-state index in [1.807, 2.05) is 26.8 Å². The van der Waals surface area contributed by atoms with Crippen molar-refractivity contribution < 1.29 is 5.11 Å². The molecule has 86 valence electrons. The summed E-state index contributed by atoms with van der Waals surface area (Å²) in [5.41, 5.74) is 0.790. The predicted octanol–water partition coefficient (Wildman–Crippen LogP) is 1.23. The summed E-state index contributed by atoms with van der Waals surface area (Å²) in [5.74, 6) is 0.426. The Morgan fingerprint density at radius 3 is 2.75 bits per heavy atom. The van der Waals surface area contributed by atoms with Crippen LogP contribution in [0, 0.1) is 18.3 Å². The Balaban J connectivity index is 2.89. The van der Waals surface area contributed by atoms with Gasteiger partial charge in [-0.1, -0.05) is 0 Å². The van der Waals surface area contributed by atoms with Gasteiger partial charge in [0.2, 0.25) is 5.95 Å². The minimum Gasteiger partial charge on any atom is -0.396 e. The number of nitrogens with one attached hydrogen (secondary N) is 1. The van der Waals surface area contributed by atoms with Crippen LogP contribution < -0.4 is 5.32 Å². The van der Waals surface area contributed by atoms with Gasteiger partial charge in [0, 0.05) is 17.8 Å². The Kier molecular flexibility index (Phi) is 3.80. The highest BCUT2D eigenvalue weighted by Gasteiger charge is 2.18. The van der Waals surface area contributed by atoms with E-state index in [0.29, 0.717) is 18.1 Å². The smallest absolute Gasteiger partial charge is 0.224 e. The third-order valence-corrected chi connectivity index (χ3v) is 2.16. The van der Waals surface area contributed by atoms with E-state index in [-0.39, 0.29) is 12.1 Å². The minimum absolute atomic E-state index is 0.0942. The highest BCUT2D eigenvalue weighted by atomic mass is 16.3. The Morgan fingerprint density at radius 1 is 1.50 bits per heavy atom. The average Bonchev–Trinajstić information content (AvgIpc) is 2.15. The van der Waals surface area contributed by atoms with Gasteiger partial charge in [0.1, 0.15) is 11.8 Å². The number of aryl methyl sites for hydroxylation is 1. The average molecular weight is 220 g/mol. The van der Waals surface area contributed by atoms with Crippen molar-refractivity contribution in [2.75, 3.05) is 11.9 Å². The first kappa shape index (κ1) is 12.4. The fraction of sp³-hybridized carbons (Fsp3) is 0.545. The zero-order chi connectivity index (χ0) is 12.2. The molecular weight excluding hydrogens is 204 g/mol. The number of aliphatic hydroxyl groups excluding tert-OH is 1. The van der Waals surface area contributed by atoms with E-state index in [1.54, 1.807) is 6.07 Å². The van der Waals surface area contributed by atoms with Gasteiger partial charge in [-0.25, -0.2) is 9.97 Å². The summed E-state index contributed by atoms with van der Waals surface area (Å²) in [4.78, 5) is 8.25. The number of hydrogen-bond donors (Lipinski definition) is 2. The molecule has 0 aromatic carbocycles. The molecule has 0 aliphatic rings.